The lowest BCUT2D eigenvalue weighted by atomic mass is 9.76. The van der Waals surface area contributed by atoms with E-state index in [-0.39, 0.29) is 0 Å². The third-order valence-electron chi connectivity index (χ3n) is 4.55. The molecule has 0 spiro atoms. The number of carbonyl (C=O) groups excluding carboxylic acids is 1. The summed E-state index contributed by atoms with van der Waals surface area (Å²) in [5, 5.41) is 1.30. The highest BCUT2D eigenvalue weighted by Crippen LogP contribution is 2.39. The van der Waals surface area contributed by atoms with E-state index in [9.17, 15) is 4.79 Å². The molecule has 0 N–H and O–H groups in total. The molecule has 0 saturated heterocycles. The number of carbonyl (C=O) groups is 1. The fourth-order valence-corrected chi connectivity index (χ4v) is 3.56. The zero-order valence-corrected chi connectivity index (χ0v) is 12.0. The molecular formula is C18H21NO. The standard InChI is InChI=1S/C18H21NO/c1-13(20)12-14-6-8-15(9-7-14)16-10-11-19-18-5-3-2-4-17(16)18/h2-5,10-11,14-15H,6-9,12H2,1H3. The third kappa shape index (κ3) is 2.74. The average Bonchev–Trinajstić information content (AvgIpc) is 2.47. The molecule has 0 atom stereocenters. The lowest BCUT2D eigenvalue weighted by Gasteiger charge is -2.28. The normalized spacial score (nSPS) is 22.9. The summed E-state index contributed by atoms with van der Waals surface area (Å²) >= 11 is 0. The molecule has 1 fully saturated rings. The summed E-state index contributed by atoms with van der Waals surface area (Å²) in [5.74, 6) is 1.57. The van der Waals surface area contributed by atoms with Crippen molar-refractivity contribution in [3.8, 4) is 0 Å². The molecule has 20 heavy (non-hydrogen) atoms. The molecule has 0 amide bonds. The van der Waals surface area contributed by atoms with Crippen molar-refractivity contribution in [2.24, 2.45) is 5.92 Å². The highest BCUT2D eigenvalue weighted by atomic mass is 16.1. The minimum absolute atomic E-state index is 0.336. The van der Waals surface area contributed by atoms with Gasteiger partial charge in [-0.25, -0.2) is 0 Å². The number of hydrogen-bond donors (Lipinski definition) is 0. The van der Waals surface area contributed by atoms with Crippen molar-refractivity contribution in [1.29, 1.82) is 0 Å². The van der Waals surface area contributed by atoms with Gasteiger partial charge in [-0.1, -0.05) is 18.2 Å². The molecule has 1 heterocycles. The first kappa shape index (κ1) is 13.3. The van der Waals surface area contributed by atoms with Crippen LogP contribution < -0.4 is 0 Å². The predicted octanol–water partition coefficient (Wildman–Crippen LogP) is 4.49. The van der Waals surface area contributed by atoms with Crippen LogP contribution in [0, 0.1) is 5.92 Å². The summed E-state index contributed by atoms with van der Waals surface area (Å²) in [6.07, 6.45) is 7.46. The third-order valence-corrected chi connectivity index (χ3v) is 4.55. The van der Waals surface area contributed by atoms with Crippen LogP contribution in [0.1, 0.15) is 50.5 Å². The van der Waals surface area contributed by atoms with Gasteiger partial charge in [-0.05, 0) is 62.1 Å². The van der Waals surface area contributed by atoms with E-state index in [1.807, 2.05) is 12.3 Å². The monoisotopic (exact) mass is 267 g/mol. The molecule has 3 rings (SSSR count). The number of nitrogens with zero attached hydrogens (tertiary/aromatic N) is 1. The van der Waals surface area contributed by atoms with Crippen LogP contribution in [0.3, 0.4) is 0 Å². The number of rotatable bonds is 3. The number of fused-ring (bicyclic) bond motifs is 1. The van der Waals surface area contributed by atoms with Gasteiger partial charge in [0.1, 0.15) is 5.78 Å². The Kier molecular flexibility index (Phi) is 3.81. The number of benzene rings is 1. The first-order valence-corrected chi connectivity index (χ1v) is 7.57. The number of hydrogen-bond acceptors (Lipinski definition) is 2. The Morgan fingerprint density at radius 3 is 2.65 bits per heavy atom. The molecule has 2 heteroatoms. The van der Waals surface area contributed by atoms with Gasteiger partial charge in [-0.3, -0.25) is 4.98 Å². The van der Waals surface area contributed by atoms with E-state index in [0.717, 1.165) is 11.9 Å². The Labute approximate surface area is 120 Å². The quantitative estimate of drug-likeness (QED) is 0.820. The largest absolute Gasteiger partial charge is 0.300 e. The van der Waals surface area contributed by atoms with Gasteiger partial charge in [0.05, 0.1) is 5.52 Å². The van der Waals surface area contributed by atoms with Crippen molar-refractivity contribution in [1.82, 2.24) is 4.98 Å². The number of Topliss-reactive ketones (excluding diaryl/α,β-unsaturated/α-hetero) is 1. The number of ketones is 1. The van der Waals surface area contributed by atoms with Crippen LogP contribution >= 0.6 is 0 Å². The zero-order valence-electron chi connectivity index (χ0n) is 12.0. The van der Waals surface area contributed by atoms with E-state index in [4.69, 9.17) is 0 Å². The summed E-state index contributed by atoms with van der Waals surface area (Å²) in [7, 11) is 0. The van der Waals surface area contributed by atoms with E-state index in [0.29, 0.717) is 17.6 Å². The Balaban J connectivity index is 1.78. The summed E-state index contributed by atoms with van der Waals surface area (Å²) in [6, 6.07) is 10.6. The number of pyridine rings is 1. The van der Waals surface area contributed by atoms with Crippen molar-refractivity contribution < 1.29 is 4.79 Å². The SMILES string of the molecule is CC(=O)CC1CCC(c2ccnc3ccccc23)CC1. The molecule has 2 nitrogen and oxygen atoms in total. The Hall–Kier alpha value is -1.70. The first-order chi connectivity index (χ1) is 9.74. The summed E-state index contributed by atoms with van der Waals surface area (Å²) in [4.78, 5) is 15.7. The second kappa shape index (κ2) is 5.74. The van der Waals surface area contributed by atoms with Crippen LogP contribution in [0.2, 0.25) is 0 Å². The van der Waals surface area contributed by atoms with E-state index < -0.39 is 0 Å². The van der Waals surface area contributed by atoms with Crippen LogP contribution in [0.5, 0.6) is 0 Å². The second-order valence-electron chi connectivity index (χ2n) is 6.04. The van der Waals surface area contributed by atoms with Gasteiger partial charge in [0.25, 0.3) is 0 Å². The highest BCUT2D eigenvalue weighted by molar-refractivity contribution is 5.82. The maximum Gasteiger partial charge on any atom is 0.130 e. The van der Waals surface area contributed by atoms with E-state index in [1.165, 1.54) is 36.6 Å². The van der Waals surface area contributed by atoms with Crippen LogP contribution in [0.15, 0.2) is 36.5 Å². The molecule has 0 aliphatic heterocycles. The van der Waals surface area contributed by atoms with Gasteiger partial charge < -0.3 is 4.79 Å². The molecule has 0 unspecified atom stereocenters. The van der Waals surface area contributed by atoms with E-state index in [1.54, 1.807) is 6.92 Å². The van der Waals surface area contributed by atoms with E-state index >= 15 is 0 Å². The first-order valence-electron chi connectivity index (χ1n) is 7.57. The van der Waals surface area contributed by atoms with Crippen LogP contribution in [0.4, 0.5) is 0 Å². The van der Waals surface area contributed by atoms with Crippen LogP contribution in [-0.2, 0) is 4.79 Å². The smallest absolute Gasteiger partial charge is 0.130 e. The molecule has 2 aromatic rings. The topological polar surface area (TPSA) is 30.0 Å². The average molecular weight is 267 g/mol. The highest BCUT2D eigenvalue weighted by Gasteiger charge is 2.24. The molecule has 104 valence electrons. The maximum atomic E-state index is 11.2. The molecule has 1 aromatic carbocycles. The lowest BCUT2D eigenvalue weighted by Crippen LogP contribution is -2.15. The van der Waals surface area contributed by atoms with Gasteiger partial charge in [0.15, 0.2) is 0 Å². The van der Waals surface area contributed by atoms with Gasteiger partial charge in [-0.2, -0.15) is 0 Å². The van der Waals surface area contributed by atoms with Crippen molar-refractivity contribution in [2.45, 2.75) is 44.9 Å². The molecule has 1 saturated carbocycles. The van der Waals surface area contributed by atoms with Crippen LogP contribution in [0.25, 0.3) is 10.9 Å². The number of aromatic nitrogens is 1. The zero-order chi connectivity index (χ0) is 13.9. The maximum absolute atomic E-state index is 11.2. The Morgan fingerprint density at radius 2 is 1.90 bits per heavy atom. The van der Waals surface area contributed by atoms with E-state index in [2.05, 4.69) is 29.2 Å². The van der Waals surface area contributed by atoms with Crippen molar-refractivity contribution in [3.63, 3.8) is 0 Å². The van der Waals surface area contributed by atoms with Crippen molar-refractivity contribution in [3.05, 3.63) is 42.1 Å². The molecule has 1 aliphatic carbocycles. The van der Waals surface area contributed by atoms with Gasteiger partial charge >= 0.3 is 0 Å². The molecule has 1 aliphatic rings. The molecule has 0 bridgehead atoms. The summed E-state index contributed by atoms with van der Waals surface area (Å²) < 4.78 is 0. The lowest BCUT2D eigenvalue weighted by molar-refractivity contribution is -0.118. The van der Waals surface area contributed by atoms with Crippen molar-refractivity contribution in [2.75, 3.05) is 0 Å². The van der Waals surface area contributed by atoms with Gasteiger partial charge in [-0.15, -0.1) is 0 Å². The Bertz CT molecular complexity index is 606. The summed E-state index contributed by atoms with van der Waals surface area (Å²) in [6.45, 7) is 1.71. The van der Waals surface area contributed by atoms with Crippen molar-refractivity contribution >= 4 is 16.7 Å². The second-order valence-corrected chi connectivity index (χ2v) is 6.04. The predicted molar refractivity (Wildman–Crippen MR) is 81.7 cm³/mol. The van der Waals surface area contributed by atoms with Gasteiger partial charge in [0.2, 0.25) is 0 Å². The molecular weight excluding hydrogens is 246 g/mol. The minimum Gasteiger partial charge on any atom is -0.300 e. The Morgan fingerprint density at radius 1 is 1.15 bits per heavy atom. The number of para-hydroxylation sites is 1. The summed E-state index contributed by atoms with van der Waals surface area (Å²) in [5.41, 5.74) is 2.53. The molecule has 0 radical (unpaired) electrons. The fraction of sp³-hybridized carbons (Fsp3) is 0.444. The molecule has 1 aromatic heterocycles. The van der Waals surface area contributed by atoms with Gasteiger partial charge in [0, 0.05) is 18.0 Å². The fourth-order valence-electron chi connectivity index (χ4n) is 3.56. The van der Waals surface area contributed by atoms with Crippen LogP contribution in [-0.4, -0.2) is 10.8 Å². The minimum atomic E-state index is 0.336.